The summed E-state index contributed by atoms with van der Waals surface area (Å²) in [5.41, 5.74) is 2.05. The summed E-state index contributed by atoms with van der Waals surface area (Å²) in [6.07, 6.45) is -0.896. The predicted octanol–water partition coefficient (Wildman–Crippen LogP) is 0.702. The van der Waals surface area contributed by atoms with E-state index >= 15 is 0 Å². The van der Waals surface area contributed by atoms with E-state index in [4.69, 9.17) is 4.98 Å². The Hall–Kier alpha value is -2.29. The summed E-state index contributed by atoms with van der Waals surface area (Å²) in [7, 11) is 0. The number of hydrogen-bond acceptors (Lipinski definition) is 6. The summed E-state index contributed by atoms with van der Waals surface area (Å²) in [5.74, 6) is -0.399. The molecule has 0 spiro atoms. The summed E-state index contributed by atoms with van der Waals surface area (Å²) < 4.78 is 0. The molecular weight excluding hydrogens is 364 g/mol. The van der Waals surface area contributed by atoms with Gasteiger partial charge in [-0.3, -0.25) is 14.5 Å². The smallest absolute Gasteiger partial charge is 0.248 e. The van der Waals surface area contributed by atoms with Crippen LogP contribution in [0, 0.1) is 0 Å². The minimum Gasteiger partial charge on any atom is -0.391 e. The van der Waals surface area contributed by atoms with Gasteiger partial charge < -0.3 is 15.3 Å². The summed E-state index contributed by atoms with van der Waals surface area (Å²) in [6.45, 7) is 3.82. The van der Waals surface area contributed by atoms with Crippen molar-refractivity contribution in [1.82, 2.24) is 20.1 Å². The van der Waals surface area contributed by atoms with Crippen LogP contribution in [0.4, 0.5) is 0 Å². The molecule has 0 saturated carbocycles. The van der Waals surface area contributed by atoms with Crippen LogP contribution in [0.5, 0.6) is 0 Å². The van der Waals surface area contributed by atoms with Gasteiger partial charge in [-0.05, 0) is 6.92 Å². The second-order valence-electron chi connectivity index (χ2n) is 7.00. The fourth-order valence-electron chi connectivity index (χ4n) is 3.60. The van der Waals surface area contributed by atoms with Crippen molar-refractivity contribution in [3.05, 3.63) is 40.7 Å². The molecule has 1 aromatic heterocycles. The van der Waals surface area contributed by atoms with Gasteiger partial charge in [-0.25, -0.2) is 4.98 Å². The van der Waals surface area contributed by atoms with Gasteiger partial charge in [-0.1, -0.05) is 30.3 Å². The Morgan fingerprint density at radius 2 is 2.07 bits per heavy atom. The van der Waals surface area contributed by atoms with Crippen molar-refractivity contribution in [3.8, 4) is 11.3 Å². The number of hydrogen-bond donors (Lipinski definition) is 2. The van der Waals surface area contributed by atoms with Crippen LogP contribution in [-0.2, 0) is 16.1 Å². The van der Waals surface area contributed by atoms with Gasteiger partial charge in [0.25, 0.3) is 0 Å². The van der Waals surface area contributed by atoms with Crippen LogP contribution in [0.1, 0.15) is 11.9 Å². The number of benzene rings is 1. The van der Waals surface area contributed by atoms with Gasteiger partial charge in [0.15, 0.2) is 0 Å². The molecule has 0 radical (unpaired) electrons. The van der Waals surface area contributed by atoms with Gasteiger partial charge in [0.1, 0.15) is 17.1 Å². The molecule has 0 unspecified atom stereocenters. The number of piperazine rings is 2. The molecular formula is C19H22N4O3S. The first-order chi connectivity index (χ1) is 13.0. The summed E-state index contributed by atoms with van der Waals surface area (Å²) in [4.78, 5) is 33.4. The fraction of sp³-hybridized carbons (Fsp3) is 0.421. The SMILES string of the molecule is C[C@H](O)[C@H]1NC(=O)[C@H]2CN(Cc3nc(-c4ccccc4)cs3)CCN2C1=O. The lowest BCUT2D eigenvalue weighted by Crippen LogP contribution is -2.70. The monoisotopic (exact) mass is 386 g/mol. The average molecular weight is 386 g/mol. The van der Waals surface area contributed by atoms with E-state index in [1.165, 1.54) is 6.92 Å². The van der Waals surface area contributed by atoms with Gasteiger partial charge in [-0.15, -0.1) is 11.3 Å². The molecule has 8 heteroatoms. The second-order valence-corrected chi connectivity index (χ2v) is 7.94. The first-order valence-corrected chi connectivity index (χ1v) is 9.92. The zero-order chi connectivity index (χ0) is 19.0. The molecule has 27 heavy (non-hydrogen) atoms. The molecule has 1 aromatic carbocycles. The topological polar surface area (TPSA) is 85.8 Å². The molecule has 142 valence electrons. The number of carbonyl (C=O) groups is 2. The van der Waals surface area contributed by atoms with Crippen LogP contribution in [-0.4, -0.2) is 69.5 Å². The molecule has 2 saturated heterocycles. The molecule has 0 bridgehead atoms. The molecule has 4 rings (SSSR count). The van der Waals surface area contributed by atoms with Crippen molar-refractivity contribution in [2.75, 3.05) is 19.6 Å². The highest BCUT2D eigenvalue weighted by molar-refractivity contribution is 7.09. The van der Waals surface area contributed by atoms with Crippen LogP contribution in [0.3, 0.4) is 0 Å². The molecule has 0 aliphatic carbocycles. The normalized spacial score (nSPS) is 24.4. The van der Waals surface area contributed by atoms with Crippen molar-refractivity contribution >= 4 is 23.2 Å². The highest BCUT2D eigenvalue weighted by Gasteiger charge is 2.44. The Bertz CT molecular complexity index is 838. The third-order valence-electron chi connectivity index (χ3n) is 5.08. The van der Waals surface area contributed by atoms with Crippen LogP contribution >= 0.6 is 11.3 Å². The van der Waals surface area contributed by atoms with E-state index in [-0.39, 0.29) is 11.8 Å². The number of aliphatic hydroxyl groups excluding tert-OH is 1. The van der Waals surface area contributed by atoms with E-state index in [0.717, 1.165) is 16.3 Å². The molecule has 2 aliphatic heterocycles. The molecule has 2 fully saturated rings. The van der Waals surface area contributed by atoms with Gasteiger partial charge >= 0.3 is 0 Å². The summed E-state index contributed by atoms with van der Waals surface area (Å²) >= 11 is 1.61. The van der Waals surface area contributed by atoms with E-state index in [2.05, 4.69) is 10.2 Å². The number of aromatic nitrogens is 1. The Morgan fingerprint density at radius 3 is 2.81 bits per heavy atom. The number of nitrogens with zero attached hydrogens (tertiary/aromatic N) is 3. The van der Waals surface area contributed by atoms with Crippen molar-refractivity contribution < 1.29 is 14.7 Å². The van der Waals surface area contributed by atoms with Crippen LogP contribution in [0.25, 0.3) is 11.3 Å². The Balaban J connectivity index is 1.42. The molecule has 2 amide bonds. The number of carbonyl (C=O) groups excluding carboxylic acids is 2. The molecule has 2 aromatic rings. The number of nitrogens with one attached hydrogen (secondary N) is 1. The number of fused-ring (bicyclic) bond motifs is 1. The maximum atomic E-state index is 12.5. The summed E-state index contributed by atoms with van der Waals surface area (Å²) in [5, 5.41) is 15.4. The van der Waals surface area contributed by atoms with Crippen LogP contribution in [0.15, 0.2) is 35.7 Å². The third kappa shape index (κ3) is 3.60. The van der Waals surface area contributed by atoms with Crippen molar-refractivity contribution in [1.29, 1.82) is 0 Å². The fourth-order valence-corrected chi connectivity index (χ4v) is 4.45. The van der Waals surface area contributed by atoms with Gasteiger partial charge in [-0.2, -0.15) is 0 Å². The zero-order valence-corrected chi connectivity index (χ0v) is 15.9. The van der Waals surface area contributed by atoms with Gasteiger partial charge in [0.2, 0.25) is 11.8 Å². The highest BCUT2D eigenvalue weighted by Crippen LogP contribution is 2.24. The van der Waals surface area contributed by atoms with E-state index in [0.29, 0.717) is 26.2 Å². The molecule has 2 aliphatic rings. The van der Waals surface area contributed by atoms with Crippen molar-refractivity contribution in [3.63, 3.8) is 0 Å². The molecule has 2 N–H and O–H groups in total. The lowest BCUT2D eigenvalue weighted by Gasteiger charge is -2.45. The lowest BCUT2D eigenvalue weighted by molar-refractivity contribution is -0.156. The van der Waals surface area contributed by atoms with Crippen molar-refractivity contribution in [2.45, 2.75) is 31.7 Å². The van der Waals surface area contributed by atoms with E-state index in [9.17, 15) is 14.7 Å². The first-order valence-electron chi connectivity index (χ1n) is 9.04. The number of rotatable bonds is 4. The van der Waals surface area contributed by atoms with E-state index < -0.39 is 18.2 Å². The quantitative estimate of drug-likeness (QED) is 0.808. The van der Waals surface area contributed by atoms with E-state index in [1.54, 1.807) is 16.2 Å². The number of thiazole rings is 1. The minimum absolute atomic E-state index is 0.199. The largest absolute Gasteiger partial charge is 0.391 e. The van der Waals surface area contributed by atoms with Crippen molar-refractivity contribution in [2.24, 2.45) is 0 Å². The average Bonchev–Trinajstić information content (AvgIpc) is 3.13. The standard InChI is InChI=1S/C19H22N4O3S/c1-12(24)17-19(26)23-8-7-22(9-15(23)18(25)21-17)10-16-20-14(11-27-16)13-5-3-2-4-6-13/h2-6,11-12,15,17,24H,7-10H2,1H3,(H,21,25)/t12-,15+,17+/m0/s1. The number of amides is 2. The minimum atomic E-state index is -0.896. The predicted molar refractivity (Wildman–Crippen MR) is 102 cm³/mol. The van der Waals surface area contributed by atoms with Crippen LogP contribution in [0.2, 0.25) is 0 Å². The van der Waals surface area contributed by atoms with Gasteiger partial charge in [0.05, 0.1) is 18.3 Å². The maximum Gasteiger partial charge on any atom is 0.248 e. The Morgan fingerprint density at radius 1 is 1.30 bits per heavy atom. The third-order valence-corrected chi connectivity index (χ3v) is 5.91. The maximum absolute atomic E-state index is 12.5. The first kappa shape index (κ1) is 18.1. The molecule has 3 heterocycles. The molecule has 7 nitrogen and oxygen atoms in total. The van der Waals surface area contributed by atoms with Crippen LogP contribution < -0.4 is 5.32 Å². The summed E-state index contributed by atoms with van der Waals surface area (Å²) in [6, 6.07) is 8.69. The number of aliphatic hydroxyl groups is 1. The van der Waals surface area contributed by atoms with E-state index in [1.807, 2.05) is 35.7 Å². The Kier molecular flexibility index (Phi) is 4.94. The lowest BCUT2D eigenvalue weighted by atomic mass is 10.0. The zero-order valence-electron chi connectivity index (χ0n) is 15.0. The Labute approximate surface area is 161 Å². The van der Waals surface area contributed by atoms with Gasteiger partial charge in [0, 0.05) is 30.6 Å². The second kappa shape index (κ2) is 7.38. The highest BCUT2D eigenvalue weighted by atomic mass is 32.1. The molecule has 3 atom stereocenters.